The number of thiophene rings is 1. The number of hydrogen-bond donors (Lipinski definition) is 0. The molecular formula is C15H20N2S2. The molecule has 0 spiro atoms. The summed E-state index contributed by atoms with van der Waals surface area (Å²) in [4.78, 5) is 6.71. The van der Waals surface area contributed by atoms with Crippen LogP contribution in [0.15, 0.2) is 41.4 Å². The SMILES string of the molecule is CSCCCN(Cc1cccnc1)Cc1ccsc1. The number of pyridine rings is 1. The summed E-state index contributed by atoms with van der Waals surface area (Å²) in [7, 11) is 0. The minimum absolute atomic E-state index is 0.984. The van der Waals surface area contributed by atoms with Crippen molar-refractivity contribution in [2.75, 3.05) is 18.6 Å². The largest absolute Gasteiger partial charge is 0.295 e. The van der Waals surface area contributed by atoms with Crippen molar-refractivity contribution in [2.45, 2.75) is 19.5 Å². The zero-order chi connectivity index (χ0) is 13.3. The van der Waals surface area contributed by atoms with Crippen LogP contribution in [0, 0.1) is 0 Å². The van der Waals surface area contributed by atoms with Crippen LogP contribution in [-0.2, 0) is 13.1 Å². The van der Waals surface area contributed by atoms with Gasteiger partial charge in [-0.15, -0.1) is 0 Å². The van der Waals surface area contributed by atoms with E-state index < -0.39 is 0 Å². The first-order chi connectivity index (χ1) is 9.38. The van der Waals surface area contributed by atoms with Crippen molar-refractivity contribution in [3.8, 4) is 0 Å². The topological polar surface area (TPSA) is 16.1 Å². The van der Waals surface area contributed by atoms with Crippen molar-refractivity contribution < 1.29 is 0 Å². The Morgan fingerprint density at radius 3 is 2.84 bits per heavy atom. The maximum atomic E-state index is 4.20. The highest BCUT2D eigenvalue weighted by Crippen LogP contribution is 2.13. The molecule has 0 radical (unpaired) electrons. The van der Waals surface area contributed by atoms with Crippen LogP contribution in [0.25, 0.3) is 0 Å². The molecule has 0 aliphatic heterocycles. The molecule has 0 saturated carbocycles. The summed E-state index contributed by atoms with van der Waals surface area (Å²) in [5, 5.41) is 4.39. The lowest BCUT2D eigenvalue weighted by atomic mass is 10.2. The van der Waals surface area contributed by atoms with Gasteiger partial charge in [-0.2, -0.15) is 23.1 Å². The Labute approximate surface area is 123 Å². The molecule has 2 rings (SSSR count). The van der Waals surface area contributed by atoms with Crippen molar-refractivity contribution in [1.29, 1.82) is 0 Å². The number of hydrogen-bond acceptors (Lipinski definition) is 4. The molecule has 0 amide bonds. The molecule has 19 heavy (non-hydrogen) atoms. The van der Waals surface area contributed by atoms with Gasteiger partial charge in [-0.3, -0.25) is 9.88 Å². The fraction of sp³-hybridized carbons (Fsp3) is 0.400. The lowest BCUT2D eigenvalue weighted by molar-refractivity contribution is 0.258. The fourth-order valence-corrected chi connectivity index (χ4v) is 3.11. The molecule has 2 heterocycles. The van der Waals surface area contributed by atoms with E-state index in [9.17, 15) is 0 Å². The summed E-state index contributed by atoms with van der Waals surface area (Å²) in [5.41, 5.74) is 2.71. The molecule has 0 N–H and O–H groups in total. The number of aromatic nitrogens is 1. The van der Waals surface area contributed by atoms with Crippen molar-refractivity contribution in [3.05, 3.63) is 52.5 Å². The van der Waals surface area contributed by atoms with Gasteiger partial charge < -0.3 is 0 Å². The minimum Gasteiger partial charge on any atom is -0.295 e. The Morgan fingerprint density at radius 2 is 2.16 bits per heavy atom. The van der Waals surface area contributed by atoms with Crippen LogP contribution in [-0.4, -0.2) is 28.4 Å². The average Bonchev–Trinajstić information content (AvgIpc) is 2.93. The summed E-state index contributed by atoms with van der Waals surface area (Å²) < 4.78 is 0. The van der Waals surface area contributed by atoms with E-state index in [-0.39, 0.29) is 0 Å². The average molecular weight is 292 g/mol. The lowest BCUT2D eigenvalue weighted by Gasteiger charge is -2.21. The van der Waals surface area contributed by atoms with Crippen molar-refractivity contribution in [2.24, 2.45) is 0 Å². The molecule has 2 aromatic heterocycles. The molecule has 0 aliphatic carbocycles. The Balaban J connectivity index is 1.93. The summed E-state index contributed by atoms with van der Waals surface area (Å²) in [6.45, 7) is 3.16. The third kappa shape index (κ3) is 5.35. The van der Waals surface area contributed by atoms with E-state index in [0.29, 0.717) is 0 Å². The Kier molecular flexibility index (Phi) is 6.41. The van der Waals surface area contributed by atoms with Gasteiger partial charge in [0, 0.05) is 25.5 Å². The molecule has 0 atom stereocenters. The lowest BCUT2D eigenvalue weighted by Crippen LogP contribution is -2.24. The zero-order valence-corrected chi connectivity index (χ0v) is 12.9. The molecule has 0 bridgehead atoms. The molecule has 2 aromatic rings. The van der Waals surface area contributed by atoms with Crippen molar-refractivity contribution in [1.82, 2.24) is 9.88 Å². The summed E-state index contributed by atoms with van der Waals surface area (Å²) >= 11 is 3.69. The third-order valence-electron chi connectivity index (χ3n) is 2.94. The minimum atomic E-state index is 0.984. The van der Waals surface area contributed by atoms with Gasteiger partial charge in [0.05, 0.1) is 0 Å². The van der Waals surface area contributed by atoms with Crippen LogP contribution in [0.1, 0.15) is 17.5 Å². The van der Waals surface area contributed by atoms with E-state index >= 15 is 0 Å². The van der Waals surface area contributed by atoms with E-state index in [4.69, 9.17) is 0 Å². The van der Waals surface area contributed by atoms with E-state index in [2.05, 4.69) is 39.0 Å². The second-order valence-electron chi connectivity index (χ2n) is 4.55. The summed E-state index contributed by atoms with van der Waals surface area (Å²) in [5.74, 6) is 1.23. The highest BCUT2D eigenvalue weighted by molar-refractivity contribution is 7.98. The molecule has 0 aromatic carbocycles. The number of thioether (sulfide) groups is 1. The van der Waals surface area contributed by atoms with Crippen molar-refractivity contribution >= 4 is 23.1 Å². The number of rotatable bonds is 8. The standard InChI is InChI=1S/C15H20N2S2/c1-18-8-3-7-17(12-15-5-9-19-13-15)11-14-4-2-6-16-10-14/h2,4-6,9-10,13H,3,7-8,11-12H2,1H3. The van der Waals surface area contributed by atoms with Gasteiger partial charge in [-0.05, 0) is 59.0 Å². The molecule has 2 nitrogen and oxygen atoms in total. The van der Waals surface area contributed by atoms with E-state index in [1.54, 1.807) is 11.3 Å². The van der Waals surface area contributed by atoms with E-state index in [1.807, 2.05) is 30.2 Å². The van der Waals surface area contributed by atoms with Gasteiger partial charge in [0.25, 0.3) is 0 Å². The first-order valence-electron chi connectivity index (χ1n) is 6.50. The molecule has 0 aliphatic rings. The second-order valence-corrected chi connectivity index (χ2v) is 6.32. The normalized spacial score (nSPS) is 11.1. The maximum Gasteiger partial charge on any atom is 0.0312 e. The van der Waals surface area contributed by atoms with Crippen LogP contribution >= 0.6 is 23.1 Å². The smallest absolute Gasteiger partial charge is 0.0312 e. The van der Waals surface area contributed by atoms with Crippen LogP contribution in [0.2, 0.25) is 0 Å². The highest BCUT2D eigenvalue weighted by Gasteiger charge is 2.07. The Morgan fingerprint density at radius 1 is 1.26 bits per heavy atom. The fourth-order valence-electron chi connectivity index (χ4n) is 2.04. The quantitative estimate of drug-likeness (QED) is 0.687. The van der Waals surface area contributed by atoms with Crippen LogP contribution in [0.3, 0.4) is 0 Å². The predicted octanol–water partition coefficient (Wildman–Crippen LogP) is 3.90. The van der Waals surface area contributed by atoms with Gasteiger partial charge in [0.2, 0.25) is 0 Å². The van der Waals surface area contributed by atoms with E-state index in [1.165, 1.54) is 23.3 Å². The molecule has 0 fully saturated rings. The molecule has 0 saturated heterocycles. The van der Waals surface area contributed by atoms with Crippen LogP contribution < -0.4 is 0 Å². The van der Waals surface area contributed by atoms with Crippen molar-refractivity contribution in [3.63, 3.8) is 0 Å². The molecule has 4 heteroatoms. The van der Waals surface area contributed by atoms with Gasteiger partial charge in [-0.25, -0.2) is 0 Å². The third-order valence-corrected chi connectivity index (χ3v) is 4.37. The highest BCUT2D eigenvalue weighted by atomic mass is 32.2. The molecule has 102 valence electrons. The first kappa shape index (κ1) is 14.6. The Hall–Kier alpha value is -0.840. The van der Waals surface area contributed by atoms with Crippen LogP contribution in [0.4, 0.5) is 0 Å². The monoisotopic (exact) mass is 292 g/mol. The van der Waals surface area contributed by atoms with Crippen LogP contribution in [0.5, 0.6) is 0 Å². The predicted molar refractivity (Wildman–Crippen MR) is 85.7 cm³/mol. The Bertz CT molecular complexity index is 442. The van der Waals surface area contributed by atoms with Gasteiger partial charge in [-0.1, -0.05) is 6.07 Å². The second kappa shape index (κ2) is 8.35. The summed E-state index contributed by atoms with van der Waals surface area (Å²) in [6, 6.07) is 6.39. The van der Waals surface area contributed by atoms with Gasteiger partial charge in [0.1, 0.15) is 0 Å². The first-order valence-corrected chi connectivity index (χ1v) is 8.83. The molecule has 0 unspecified atom stereocenters. The van der Waals surface area contributed by atoms with E-state index in [0.717, 1.165) is 19.6 Å². The molecular weight excluding hydrogens is 272 g/mol. The maximum absolute atomic E-state index is 4.20. The van der Waals surface area contributed by atoms with Gasteiger partial charge in [0.15, 0.2) is 0 Å². The summed E-state index contributed by atoms with van der Waals surface area (Å²) in [6.07, 6.45) is 7.21. The van der Waals surface area contributed by atoms with Gasteiger partial charge >= 0.3 is 0 Å². The zero-order valence-electron chi connectivity index (χ0n) is 11.3. The number of nitrogens with zero attached hydrogens (tertiary/aromatic N) is 2.